The Bertz CT molecular complexity index is 506. The van der Waals surface area contributed by atoms with E-state index in [1.54, 1.807) is 0 Å². The molecule has 0 aliphatic rings. The zero-order chi connectivity index (χ0) is 18.1. The lowest BCUT2D eigenvalue weighted by Crippen LogP contribution is -2.17. The molecule has 0 fully saturated rings. The molecule has 0 spiro atoms. The van der Waals surface area contributed by atoms with E-state index in [1.165, 1.54) is 11.1 Å². The molecule has 0 saturated heterocycles. The number of benzene rings is 1. The van der Waals surface area contributed by atoms with Crippen molar-refractivity contribution in [1.29, 1.82) is 0 Å². The topological polar surface area (TPSA) is 20.2 Å². The summed E-state index contributed by atoms with van der Waals surface area (Å²) in [4.78, 5) is 0. The Balaban J connectivity index is 3.18. The standard InChI is InChI=1S/C22H38O/c1-20(2,3)13-16-10-11-18(19(23)15-22(7,8)9)17(12-16)14-21(4,5)6/h10-12,19,23H,13-15H2,1-9H3/t19-/m0/s1. The highest BCUT2D eigenvalue weighted by Gasteiger charge is 2.23. The Morgan fingerprint density at radius 1 is 0.783 bits per heavy atom. The van der Waals surface area contributed by atoms with E-state index in [9.17, 15) is 5.11 Å². The van der Waals surface area contributed by atoms with Crippen molar-refractivity contribution >= 4 is 0 Å². The van der Waals surface area contributed by atoms with Crippen LogP contribution in [0.1, 0.15) is 91.5 Å². The zero-order valence-corrected chi connectivity index (χ0v) is 16.9. The second kappa shape index (κ2) is 6.97. The van der Waals surface area contributed by atoms with Gasteiger partial charge in [0, 0.05) is 0 Å². The lowest BCUT2D eigenvalue weighted by molar-refractivity contribution is 0.121. The largest absolute Gasteiger partial charge is 0.388 e. The van der Waals surface area contributed by atoms with E-state index in [0.29, 0.717) is 0 Å². The number of aliphatic hydroxyl groups is 1. The predicted octanol–water partition coefficient (Wildman–Crippen LogP) is 6.33. The van der Waals surface area contributed by atoms with Gasteiger partial charge in [-0.25, -0.2) is 0 Å². The summed E-state index contributed by atoms with van der Waals surface area (Å²) in [5, 5.41) is 10.8. The van der Waals surface area contributed by atoms with Crippen LogP contribution in [0.15, 0.2) is 18.2 Å². The molecule has 0 saturated carbocycles. The van der Waals surface area contributed by atoms with Crippen molar-refractivity contribution in [2.75, 3.05) is 0 Å². The van der Waals surface area contributed by atoms with Gasteiger partial charge in [-0.1, -0.05) is 80.5 Å². The van der Waals surface area contributed by atoms with Crippen molar-refractivity contribution in [2.45, 2.75) is 87.7 Å². The molecule has 0 radical (unpaired) electrons. The molecule has 0 aromatic heterocycles. The molecule has 1 atom stereocenters. The van der Waals surface area contributed by atoms with Gasteiger partial charge in [0.05, 0.1) is 6.10 Å². The van der Waals surface area contributed by atoms with Gasteiger partial charge in [-0.3, -0.25) is 0 Å². The normalized spacial score (nSPS) is 14.9. The van der Waals surface area contributed by atoms with E-state index < -0.39 is 0 Å². The minimum Gasteiger partial charge on any atom is -0.388 e. The van der Waals surface area contributed by atoms with Crippen LogP contribution < -0.4 is 0 Å². The number of rotatable bonds is 4. The maximum absolute atomic E-state index is 10.8. The number of aliphatic hydroxyl groups excluding tert-OH is 1. The predicted molar refractivity (Wildman–Crippen MR) is 102 cm³/mol. The van der Waals surface area contributed by atoms with Crippen LogP contribution in [0, 0.1) is 16.2 Å². The van der Waals surface area contributed by atoms with Crippen molar-refractivity contribution in [3.8, 4) is 0 Å². The Morgan fingerprint density at radius 3 is 1.74 bits per heavy atom. The van der Waals surface area contributed by atoms with Crippen LogP contribution >= 0.6 is 0 Å². The summed E-state index contributed by atoms with van der Waals surface area (Å²) in [5.41, 5.74) is 4.44. The highest BCUT2D eigenvalue weighted by Crippen LogP contribution is 2.34. The molecular formula is C22H38O. The molecule has 1 rings (SSSR count). The molecule has 0 unspecified atom stereocenters. The summed E-state index contributed by atoms with van der Waals surface area (Å²) in [5.74, 6) is 0. The molecule has 1 aromatic rings. The molecular weight excluding hydrogens is 280 g/mol. The molecule has 0 aliphatic carbocycles. The van der Waals surface area contributed by atoms with E-state index in [0.717, 1.165) is 24.8 Å². The van der Waals surface area contributed by atoms with Crippen molar-refractivity contribution < 1.29 is 5.11 Å². The third-order valence-corrected chi connectivity index (χ3v) is 3.83. The van der Waals surface area contributed by atoms with Crippen molar-refractivity contribution in [3.63, 3.8) is 0 Å². The molecule has 1 heteroatoms. The first-order valence-corrected chi connectivity index (χ1v) is 8.96. The number of hydrogen-bond donors (Lipinski definition) is 1. The molecule has 0 amide bonds. The quantitative estimate of drug-likeness (QED) is 0.687. The van der Waals surface area contributed by atoms with Crippen molar-refractivity contribution in [1.82, 2.24) is 0 Å². The molecule has 1 aromatic carbocycles. The number of hydrogen-bond acceptors (Lipinski definition) is 1. The van der Waals surface area contributed by atoms with E-state index in [2.05, 4.69) is 80.5 Å². The van der Waals surface area contributed by atoms with Crippen LogP contribution in [-0.4, -0.2) is 5.11 Å². The molecule has 1 nitrogen and oxygen atoms in total. The Labute approximate surface area is 144 Å². The van der Waals surface area contributed by atoms with Gasteiger partial charge >= 0.3 is 0 Å². The molecule has 0 aliphatic heterocycles. The first-order chi connectivity index (χ1) is 10.2. The third kappa shape index (κ3) is 8.01. The zero-order valence-electron chi connectivity index (χ0n) is 16.9. The summed E-state index contributed by atoms with van der Waals surface area (Å²) >= 11 is 0. The second-order valence-corrected chi connectivity index (χ2v) is 10.8. The molecule has 132 valence electrons. The molecule has 0 bridgehead atoms. The van der Waals surface area contributed by atoms with Crippen LogP contribution in [0.3, 0.4) is 0 Å². The third-order valence-electron chi connectivity index (χ3n) is 3.83. The van der Waals surface area contributed by atoms with Crippen LogP contribution in [0.25, 0.3) is 0 Å². The Hall–Kier alpha value is -0.820. The summed E-state index contributed by atoms with van der Waals surface area (Å²) < 4.78 is 0. The van der Waals surface area contributed by atoms with Crippen LogP contribution in [0.4, 0.5) is 0 Å². The minimum absolute atomic E-state index is 0.127. The summed E-state index contributed by atoms with van der Waals surface area (Å²) in [7, 11) is 0. The average Bonchev–Trinajstić information content (AvgIpc) is 2.21. The molecule has 23 heavy (non-hydrogen) atoms. The van der Waals surface area contributed by atoms with Gasteiger partial charge in [0.15, 0.2) is 0 Å². The van der Waals surface area contributed by atoms with E-state index in [-0.39, 0.29) is 22.3 Å². The van der Waals surface area contributed by atoms with Crippen molar-refractivity contribution in [2.24, 2.45) is 16.2 Å². The lowest BCUT2D eigenvalue weighted by Gasteiger charge is -2.27. The van der Waals surface area contributed by atoms with Gasteiger partial charge in [0.25, 0.3) is 0 Å². The average molecular weight is 319 g/mol. The summed E-state index contributed by atoms with van der Waals surface area (Å²) in [6, 6.07) is 6.70. The smallest absolute Gasteiger partial charge is 0.0797 e. The lowest BCUT2D eigenvalue weighted by atomic mass is 9.80. The van der Waals surface area contributed by atoms with Gasteiger partial charge in [-0.15, -0.1) is 0 Å². The first-order valence-electron chi connectivity index (χ1n) is 8.96. The van der Waals surface area contributed by atoms with E-state index in [4.69, 9.17) is 0 Å². The van der Waals surface area contributed by atoms with Gasteiger partial charge < -0.3 is 5.11 Å². The Morgan fingerprint density at radius 2 is 1.30 bits per heavy atom. The summed E-state index contributed by atoms with van der Waals surface area (Å²) in [6.45, 7) is 20.2. The fourth-order valence-electron chi connectivity index (χ4n) is 3.12. The van der Waals surface area contributed by atoms with Gasteiger partial charge in [0.1, 0.15) is 0 Å². The summed E-state index contributed by atoms with van der Waals surface area (Å²) in [6.07, 6.45) is 2.49. The van der Waals surface area contributed by atoms with E-state index in [1.807, 2.05) is 0 Å². The van der Waals surface area contributed by atoms with Crippen molar-refractivity contribution in [3.05, 3.63) is 34.9 Å². The fourth-order valence-corrected chi connectivity index (χ4v) is 3.12. The van der Waals surface area contributed by atoms with Crippen LogP contribution in [0.2, 0.25) is 0 Å². The highest BCUT2D eigenvalue weighted by atomic mass is 16.3. The first kappa shape index (κ1) is 20.2. The molecule has 1 N–H and O–H groups in total. The maximum atomic E-state index is 10.8. The maximum Gasteiger partial charge on any atom is 0.0797 e. The van der Waals surface area contributed by atoms with Crippen LogP contribution in [0.5, 0.6) is 0 Å². The van der Waals surface area contributed by atoms with Gasteiger partial charge in [-0.2, -0.15) is 0 Å². The van der Waals surface area contributed by atoms with Crippen LogP contribution in [-0.2, 0) is 12.8 Å². The minimum atomic E-state index is -0.379. The SMILES string of the molecule is CC(C)(C)Cc1ccc([C@@H](O)CC(C)(C)C)c(CC(C)(C)C)c1. The van der Waals surface area contributed by atoms with Gasteiger partial charge in [-0.05, 0) is 52.2 Å². The second-order valence-electron chi connectivity index (χ2n) is 10.8. The Kier molecular flexibility index (Phi) is 6.13. The van der Waals surface area contributed by atoms with E-state index >= 15 is 0 Å². The van der Waals surface area contributed by atoms with Gasteiger partial charge in [0.2, 0.25) is 0 Å². The fraction of sp³-hybridized carbons (Fsp3) is 0.727. The molecule has 0 heterocycles. The highest BCUT2D eigenvalue weighted by molar-refractivity contribution is 5.35. The monoisotopic (exact) mass is 318 g/mol.